The van der Waals surface area contributed by atoms with Crippen LogP contribution in [-0.4, -0.2) is 70.9 Å². The van der Waals surface area contributed by atoms with Crippen molar-refractivity contribution in [2.75, 3.05) is 66.8 Å². The Kier molecular flexibility index (Phi) is 6.26. The fraction of sp³-hybridized carbons (Fsp3) is 0.423. The maximum Gasteiger partial charge on any atom is 0.261 e. The lowest BCUT2D eigenvalue weighted by molar-refractivity contribution is -0.870. The Morgan fingerprint density at radius 3 is 2.59 bits per heavy atom. The summed E-state index contributed by atoms with van der Waals surface area (Å²) in [6, 6.07) is 14.6. The topological polar surface area (TPSA) is 41.5 Å². The van der Waals surface area contributed by atoms with Gasteiger partial charge in [0.05, 0.1) is 37.6 Å². The van der Waals surface area contributed by atoms with Gasteiger partial charge in [-0.05, 0) is 51.3 Å². The predicted octanol–water partition coefficient (Wildman–Crippen LogP) is 4.01. The first-order valence-corrected chi connectivity index (χ1v) is 11.3. The Bertz CT molecular complexity index is 1240. The third kappa shape index (κ3) is 4.66. The van der Waals surface area contributed by atoms with E-state index < -0.39 is 0 Å². The van der Waals surface area contributed by atoms with Gasteiger partial charge in [0.25, 0.3) is 5.52 Å². The van der Waals surface area contributed by atoms with Crippen molar-refractivity contribution in [1.29, 1.82) is 0 Å². The molecule has 0 spiro atoms. The Morgan fingerprint density at radius 1 is 1.06 bits per heavy atom. The number of pyridine rings is 1. The number of anilines is 1. The second-order valence-electron chi connectivity index (χ2n) is 9.83. The third-order valence-corrected chi connectivity index (χ3v) is 5.85. The predicted molar refractivity (Wildman–Crippen MR) is 132 cm³/mol. The Hall–Kier alpha value is -2.83. The van der Waals surface area contributed by atoms with Gasteiger partial charge in [-0.25, -0.2) is 0 Å². The number of para-hydroxylation sites is 1. The molecule has 0 saturated heterocycles. The average Bonchev–Trinajstić information content (AvgIpc) is 3.11. The first kappa shape index (κ1) is 22.4. The molecule has 1 N–H and O–H groups in total. The number of fused-ring (bicyclic) bond motifs is 4. The van der Waals surface area contributed by atoms with Crippen LogP contribution >= 0.6 is 0 Å². The zero-order chi connectivity index (χ0) is 22.9. The highest BCUT2D eigenvalue weighted by molar-refractivity contribution is 6.11. The summed E-state index contributed by atoms with van der Waals surface area (Å²) in [5.74, 6) is 0.877. The average molecular weight is 437 g/mol. The number of furan rings is 1. The summed E-state index contributed by atoms with van der Waals surface area (Å²) in [5.41, 5.74) is 5.10. The van der Waals surface area contributed by atoms with E-state index in [-0.39, 0.29) is 0 Å². The van der Waals surface area contributed by atoms with Crippen LogP contribution in [0, 0.1) is 0 Å². The number of hydrogen-bond acceptors (Lipinski definition) is 4. The molecule has 0 aliphatic heterocycles. The molecule has 6 heteroatoms. The molecule has 2 heterocycles. The minimum Gasteiger partial charge on any atom is -0.488 e. The van der Waals surface area contributed by atoms with Crippen molar-refractivity contribution in [3.8, 4) is 5.75 Å². The van der Waals surface area contributed by atoms with E-state index in [2.05, 4.69) is 87.4 Å². The van der Waals surface area contributed by atoms with E-state index >= 15 is 0 Å². The molecule has 2 aromatic heterocycles. The van der Waals surface area contributed by atoms with Crippen LogP contribution in [0.1, 0.15) is 6.42 Å². The molecule has 0 saturated carbocycles. The molecular formula is C26H36N4O2+2. The van der Waals surface area contributed by atoms with Crippen LogP contribution in [0.5, 0.6) is 5.75 Å². The number of nitrogens with zero attached hydrogens (tertiary/aromatic N) is 3. The number of aromatic nitrogens is 1. The van der Waals surface area contributed by atoms with E-state index in [0.717, 1.165) is 64.0 Å². The van der Waals surface area contributed by atoms with Crippen molar-refractivity contribution < 1.29 is 18.2 Å². The van der Waals surface area contributed by atoms with Crippen molar-refractivity contribution in [3.05, 3.63) is 42.5 Å². The zero-order valence-corrected chi connectivity index (χ0v) is 20.2. The van der Waals surface area contributed by atoms with Gasteiger partial charge < -0.3 is 23.9 Å². The minimum atomic E-state index is 0.679. The van der Waals surface area contributed by atoms with Crippen molar-refractivity contribution in [1.82, 2.24) is 4.90 Å². The molecule has 170 valence electrons. The largest absolute Gasteiger partial charge is 0.488 e. The molecule has 0 bridgehead atoms. The van der Waals surface area contributed by atoms with Crippen LogP contribution in [-0.2, 0) is 7.05 Å². The van der Waals surface area contributed by atoms with E-state index in [0.29, 0.717) is 6.61 Å². The SMILES string of the molecule is CN(C)CCCNc1c2ccccc2[n+](C)c2c1oc1ccc(OCC[N+](C)(C)C)cc12. The molecule has 0 atom stereocenters. The van der Waals surface area contributed by atoms with Crippen LogP contribution in [0.3, 0.4) is 0 Å². The number of nitrogens with one attached hydrogen (secondary N) is 1. The number of rotatable bonds is 9. The van der Waals surface area contributed by atoms with Gasteiger partial charge in [-0.1, -0.05) is 12.1 Å². The van der Waals surface area contributed by atoms with Gasteiger partial charge in [-0.15, -0.1) is 0 Å². The van der Waals surface area contributed by atoms with Crippen molar-refractivity contribution in [2.24, 2.45) is 7.05 Å². The van der Waals surface area contributed by atoms with E-state index in [1.807, 2.05) is 12.1 Å². The molecule has 0 aliphatic carbocycles. The summed E-state index contributed by atoms with van der Waals surface area (Å²) in [7, 11) is 12.8. The third-order valence-electron chi connectivity index (χ3n) is 5.85. The number of ether oxygens (including phenoxy) is 1. The molecule has 6 nitrogen and oxygen atoms in total. The summed E-state index contributed by atoms with van der Waals surface area (Å²) >= 11 is 0. The van der Waals surface area contributed by atoms with Gasteiger partial charge in [0.2, 0.25) is 11.1 Å². The molecule has 0 aliphatic rings. The molecule has 0 unspecified atom stereocenters. The fourth-order valence-electron chi connectivity index (χ4n) is 4.10. The molecule has 4 rings (SSSR count). The maximum atomic E-state index is 6.41. The van der Waals surface area contributed by atoms with Gasteiger partial charge in [-0.2, -0.15) is 4.57 Å². The highest BCUT2D eigenvalue weighted by Gasteiger charge is 2.24. The first-order valence-electron chi connectivity index (χ1n) is 11.3. The van der Waals surface area contributed by atoms with Gasteiger partial charge in [0.15, 0.2) is 0 Å². The maximum absolute atomic E-state index is 6.41. The van der Waals surface area contributed by atoms with E-state index in [1.165, 1.54) is 10.9 Å². The molecule has 4 aromatic rings. The van der Waals surface area contributed by atoms with Crippen LogP contribution in [0.15, 0.2) is 46.9 Å². The molecule has 2 aromatic carbocycles. The standard InChI is InChI=1S/C26H35N4O2/c1-28(2)15-9-14-27-24-20-10-7-8-11-22(20)29(3)25-21-18-19(31-17-16-30(4,5)6)12-13-23(21)32-26(24)25/h7-8,10-13,18H,9,14-17H2,1-6H3/q+1/p+1. The van der Waals surface area contributed by atoms with Crippen molar-refractivity contribution in [2.45, 2.75) is 6.42 Å². The number of aryl methyl sites for hydroxylation is 1. The minimum absolute atomic E-state index is 0.679. The van der Waals surface area contributed by atoms with Crippen LogP contribution in [0.2, 0.25) is 0 Å². The van der Waals surface area contributed by atoms with E-state index in [9.17, 15) is 0 Å². The molecule has 0 radical (unpaired) electrons. The lowest BCUT2D eigenvalue weighted by Crippen LogP contribution is -2.38. The fourth-order valence-corrected chi connectivity index (χ4v) is 4.10. The van der Waals surface area contributed by atoms with E-state index in [1.54, 1.807) is 0 Å². The highest BCUT2D eigenvalue weighted by atomic mass is 16.5. The summed E-state index contributed by atoms with van der Waals surface area (Å²) < 4.78 is 15.6. The molecular weight excluding hydrogens is 400 g/mol. The summed E-state index contributed by atoms with van der Waals surface area (Å²) in [4.78, 5) is 2.21. The van der Waals surface area contributed by atoms with E-state index in [4.69, 9.17) is 9.15 Å². The number of hydrogen-bond donors (Lipinski definition) is 1. The van der Waals surface area contributed by atoms with Crippen LogP contribution in [0.4, 0.5) is 5.69 Å². The summed E-state index contributed by atoms with van der Waals surface area (Å²) in [6.07, 6.45) is 1.06. The van der Waals surface area contributed by atoms with Crippen molar-refractivity contribution in [3.63, 3.8) is 0 Å². The van der Waals surface area contributed by atoms with Gasteiger partial charge >= 0.3 is 0 Å². The monoisotopic (exact) mass is 436 g/mol. The quantitative estimate of drug-likeness (QED) is 0.245. The van der Waals surface area contributed by atoms with Crippen LogP contribution in [0.25, 0.3) is 33.0 Å². The Morgan fingerprint density at radius 2 is 1.84 bits per heavy atom. The van der Waals surface area contributed by atoms with Gasteiger partial charge in [0.1, 0.15) is 31.5 Å². The second-order valence-corrected chi connectivity index (χ2v) is 9.83. The summed E-state index contributed by atoms with van der Waals surface area (Å²) in [6.45, 7) is 3.56. The molecule has 32 heavy (non-hydrogen) atoms. The second kappa shape index (κ2) is 8.96. The number of quaternary nitrogens is 1. The Labute approximate surface area is 190 Å². The lowest BCUT2D eigenvalue weighted by atomic mass is 10.1. The Balaban J connectivity index is 1.77. The smallest absolute Gasteiger partial charge is 0.261 e. The van der Waals surface area contributed by atoms with Crippen molar-refractivity contribution >= 4 is 38.7 Å². The van der Waals surface area contributed by atoms with Crippen LogP contribution < -0.4 is 14.6 Å². The lowest BCUT2D eigenvalue weighted by Gasteiger charge is -2.23. The number of likely N-dealkylation sites (N-methyl/N-ethyl adjacent to an activating group) is 1. The van der Waals surface area contributed by atoms with Gasteiger partial charge in [-0.3, -0.25) is 0 Å². The normalized spacial score (nSPS) is 12.3. The zero-order valence-electron chi connectivity index (χ0n) is 20.2. The molecule has 0 fully saturated rings. The summed E-state index contributed by atoms with van der Waals surface area (Å²) in [5, 5.41) is 5.92. The molecule has 0 amide bonds. The first-order chi connectivity index (χ1) is 15.2. The van der Waals surface area contributed by atoms with Gasteiger partial charge in [0, 0.05) is 12.6 Å². The number of benzene rings is 2. The highest BCUT2D eigenvalue weighted by Crippen LogP contribution is 2.37.